The first-order valence-corrected chi connectivity index (χ1v) is 8.11. The van der Waals surface area contributed by atoms with Crippen LogP contribution in [0.15, 0.2) is 18.2 Å². The molecule has 1 aromatic heterocycles. The van der Waals surface area contributed by atoms with Gasteiger partial charge in [0.15, 0.2) is 0 Å². The smallest absolute Gasteiger partial charge is 0.242 e. The summed E-state index contributed by atoms with van der Waals surface area (Å²) < 4.78 is 1.87. The largest absolute Gasteiger partial charge is 0.373 e. The molecule has 0 aliphatic carbocycles. The van der Waals surface area contributed by atoms with Crippen molar-refractivity contribution in [2.75, 3.05) is 11.9 Å². The van der Waals surface area contributed by atoms with Crippen molar-refractivity contribution in [3.63, 3.8) is 0 Å². The van der Waals surface area contributed by atoms with E-state index >= 15 is 0 Å². The molecule has 122 valence electrons. The highest BCUT2D eigenvalue weighted by Crippen LogP contribution is 2.28. The molecule has 0 spiro atoms. The highest BCUT2D eigenvalue weighted by molar-refractivity contribution is 6.30. The van der Waals surface area contributed by atoms with Crippen LogP contribution in [0.25, 0.3) is 0 Å². The number of aromatic nitrogens is 3. The number of nitrogens with one attached hydrogen (secondary N) is 2. The first-order valence-electron chi connectivity index (χ1n) is 7.73. The van der Waals surface area contributed by atoms with Crippen molar-refractivity contribution in [3.8, 4) is 0 Å². The number of carbonyl (C=O) groups excluding carboxylic acids is 1. The number of aryl methyl sites for hydroxylation is 3. The fourth-order valence-corrected chi connectivity index (χ4v) is 3.02. The van der Waals surface area contributed by atoms with E-state index in [-0.39, 0.29) is 11.9 Å². The number of hydrogen-bond acceptors (Lipinski definition) is 4. The van der Waals surface area contributed by atoms with Crippen LogP contribution in [0, 0.1) is 13.8 Å². The Labute approximate surface area is 140 Å². The van der Waals surface area contributed by atoms with E-state index in [4.69, 9.17) is 11.6 Å². The summed E-state index contributed by atoms with van der Waals surface area (Å²) in [6.45, 7) is 5.18. The molecule has 1 aliphatic rings. The Balaban J connectivity index is 1.45. The standard InChI is InChI=1S/C16H20ClN5O/c1-10-19-11(2)22(21-10)7-3-6-18-16(23)15-9-12-8-13(17)4-5-14(12)20-15/h4-5,8,15,20H,3,6-7,9H2,1-2H3,(H,18,23)/t15-/m0/s1. The van der Waals surface area contributed by atoms with Gasteiger partial charge in [-0.05, 0) is 44.0 Å². The molecule has 2 N–H and O–H groups in total. The van der Waals surface area contributed by atoms with E-state index < -0.39 is 0 Å². The second-order valence-corrected chi connectivity index (χ2v) is 6.21. The predicted molar refractivity (Wildman–Crippen MR) is 89.7 cm³/mol. The highest BCUT2D eigenvalue weighted by Gasteiger charge is 2.26. The van der Waals surface area contributed by atoms with Crippen LogP contribution in [0.2, 0.25) is 5.02 Å². The fourth-order valence-electron chi connectivity index (χ4n) is 2.83. The number of amides is 1. The van der Waals surface area contributed by atoms with Crippen LogP contribution in [0.4, 0.5) is 5.69 Å². The van der Waals surface area contributed by atoms with Gasteiger partial charge in [-0.15, -0.1) is 0 Å². The number of benzene rings is 1. The van der Waals surface area contributed by atoms with Gasteiger partial charge in [-0.3, -0.25) is 9.48 Å². The second kappa shape index (κ2) is 6.58. The first-order chi connectivity index (χ1) is 11.0. The summed E-state index contributed by atoms with van der Waals surface area (Å²) in [5.41, 5.74) is 2.08. The molecule has 0 unspecified atom stereocenters. The predicted octanol–water partition coefficient (Wildman–Crippen LogP) is 2.09. The second-order valence-electron chi connectivity index (χ2n) is 5.78. The Kier molecular flexibility index (Phi) is 4.52. The van der Waals surface area contributed by atoms with Crippen molar-refractivity contribution in [2.45, 2.75) is 39.3 Å². The van der Waals surface area contributed by atoms with Crippen LogP contribution in [0.3, 0.4) is 0 Å². The molecular formula is C16H20ClN5O. The molecular weight excluding hydrogens is 314 g/mol. The minimum Gasteiger partial charge on any atom is -0.373 e. The van der Waals surface area contributed by atoms with Crippen LogP contribution in [0.1, 0.15) is 23.6 Å². The molecule has 1 aromatic carbocycles. The molecule has 0 saturated carbocycles. The third kappa shape index (κ3) is 3.64. The SMILES string of the molecule is Cc1nc(C)n(CCCNC(=O)[C@@H]2Cc3cc(Cl)ccc3N2)n1. The van der Waals surface area contributed by atoms with E-state index in [1.807, 2.05) is 36.7 Å². The number of anilines is 1. The summed E-state index contributed by atoms with van der Waals surface area (Å²) in [4.78, 5) is 16.5. The number of carbonyl (C=O) groups is 1. The molecule has 1 atom stereocenters. The number of rotatable bonds is 5. The van der Waals surface area contributed by atoms with Gasteiger partial charge in [-0.1, -0.05) is 11.6 Å². The quantitative estimate of drug-likeness (QED) is 0.822. The molecule has 0 bridgehead atoms. The lowest BCUT2D eigenvalue weighted by Crippen LogP contribution is -2.39. The van der Waals surface area contributed by atoms with Crippen LogP contribution < -0.4 is 10.6 Å². The molecule has 6 nitrogen and oxygen atoms in total. The van der Waals surface area contributed by atoms with Gasteiger partial charge in [-0.25, -0.2) is 4.98 Å². The number of fused-ring (bicyclic) bond motifs is 1. The third-order valence-corrected chi connectivity index (χ3v) is 4.18. The summed E-state index contributed by atoms with van der Waals surface area (Å²) in [5, 5.41) is 11.2. The molecule has 23 heavy (non-hydrogen) atoms. The normalized spacial score (nSPS) is 16.0. The zero-order valence-electron chi connectivity index (χ0n) is 13.3. The van der Waals surface area contributed by atoms with Gasteiger partial charge >= 0.3 is 0 Å². The van der Waals surface area contributed by atoms with E-state index in [9.17, 15) is 4.79 Å². The molecule has 1 amide bonds. The van der Waals surface area contributed by atoms with Crippen LogP contribution in [0.5, 0.6) is 0 Å². The lowest BCUT2D eigenvalue weighted by Gasteiger charge is -2.12. The maximum absolute atomic E-state index is 12.2. The molecule has 3 rings (SSSR count). The van der Waals surface area contributed by atoms with Crippen molar-refractivity contribution >= 4 is 23.2 Å². The lowest BCUT2D eigenvalue weighted by atomic mass is 10.1. The zero-order valence-corrected chi connectivity index (χ0v) is 14.0. The summed E-state index contributed by atoms with van der Waals surface area (Å²) in [5.74, 6) is 1.69. The first kappa shape index (κ1) is 15.8. The number of nitrogens with zero attached hydrogens (tertiary/aromatic N) is 3. The third-order valence-electron chi connectivity index (χ3n) is 3.95. The molecule has 2 heterocycles. The van der Waals surface area contributed by atoms with Crippen molar-refractivity contribution in [2.24, 2.45) is 0 Å². The van der Waals surface area contributed by atoms with Crippen molar-refractivity contribution in [3.05, 3.63) is 40.4 Å². The molecule has 1 aliphatic heterocycles. The average Bonchev–Trinajstić information content (AvgIpc) is 3.06. The molecule has 2 aromatic rings. The van der Waals surface area contributed by atoms with Crippen molar-refractivity contribution in [1.29, 1.82) is 0 Å². The Bertz CT molecular complexity index is 727. The van der Waals surface area contributed by atoms with E-state index in [2.05, 4.69) is 20.7 Å². The summed E-state index contributed by atoms with van der Waals surface area (Å²) in [6, 6.07) is 5.43. The van der Waals surface area contributed by atoms with E-state index in [0.29, 0.717) is 18.0 Å². The number of hydrogen-bond donors (Lipinski definition) is 2. The summed E-state index contributed by atoms with van der Waals surface area (Å²) in [6.07, 6.45) is 1.49. The monoisotopic (exact) mass is 333 g/mol. The average molecular weight is 334 g/mol. The van der Waals surface area contributed by atoms with Gasteiger partial charge in [0, 0.05) is 30.2 Å². The van der Waals surface area contributed by atoms with Gasteiger partial charge in [0.1, 0.15) is 17.7 Å². The van der Waals surface area contributed by atoms with Gasteiger partial charge in [0.2, 0.25) is 5.91 Å². The van der Waals surface area contributed by atoms with Gasteiger partial charge in [0.25, 0.3) is 0 Å². The topological polar surface area (TPSA) is 71.8 Å². The minimum atomic E-state index is -0.223. The van der Waals surface area contributed by atoms with Crippen molar-refractivity contribution < 1.29 is 4.79 Å². The van der Waals surface area contributed by atoms with Crippen molar-refractivity contribution in [1.82, 2.24) is 20.1 Å². The Morgan fingerprint density at radius 3 is 3.04 bits per heavy atom. The molecule has 0 radical (unpaired) electrons. The summed E-state index contributed by atoms with van der Waals surface area (Å²) >= 11 is 5.98. The minimum absolute atomic E-state index is 0.0174. The fraction of sp³-hybridized carbons (Fsp3) is 0.438. The molecule has 7 heteroatoms. The van der Waals surface area contributed by atoms with Gasteiger partial charge in [0.05, 0.1) is 0 Å². The Morgan fingerprint density at radius 2 is 2.30 bits per heavy atom. The maximum atomic E-state index is 12.2. The highest BCUT2D eigenvalue weighted by atomic mass is 35.5. The molecule has 0 fully saturated rings. The van der Waals surface area contributed by atoms with E-state index in [1.54, 1.807) is 0 Å². The summed E-state index contributed by atoms with van der Waals surface area (Å²) in [7, 11) is 0. The Morgan fingerprint density at radius 1 is 1.48 bits per heavy atom. The van der Waals surface area contributed by atoms with E-state index in [0.717, 1.165) is 35.9 Å². The van der Waals surface area contributed by atoms with Gasteiger partial charge in [-0.2, -0.15) is 5.10 Å². The number of halogens is 1. The van der Waals surface area contributed by atoms with Crippen LogP contribution >= 0.6 is 11.6 Å². The lowest BCUT2D eigenvalue weighted by molar-refractivity contribution is -0.121. The van der Waals surface area contributed by atoms with Crippen LogP contribution in [-0.4, -0.2) is 33.3 Å². The van der Waals surface area contributed by atoms with Crippen LogP contribution in [-0.2, 0) is 17.8 Å². The maximum Gasteiger partial charge on any atom is 0.242 e. The zero-order chi connectivity index (χ0) is 16.4. The van der Waals surface area contributed by atoms with Gasteiger partial charge < -0.3 is 10.6 Å². The van der Waals surface area contributed by atoms with E-state index in [1.165, 1.54) is 0 Å². The Hall–Kier alpha value is -2.08. The molecule has 0 saturated heterocycles.